The quantitative estimate of drug-likeness (QED) is 0.842. The van der Waals surface area contributed by atoms with Crippen LogP contribution < -0.4 is 4.74 Å². The van der Waals surface area contributed by atoms with E-state index in [1.54, 1.807) is 19.1 Å². The second-order valence-electron chi connectivity index (χ2n) is 4.68. The second-order valence-corrected chi connectivity index (χ2v) is 4.68. The number of ketones is 1. The van der Waals surface area contributed by atoms with Crippen molar-refractivity contribution in [1.29, 1.82) is 0 Å². The molecule has 0 aliphatic heterocycles. The summed E-state index contributed by atoms with van der Waals surface area (Å²) in [5.74, 6) is 1.07. The molecule has 2 aromatic carbocycles. The molecule has 0 radical (unpaired) electrons. The van der Waals surface area contributed by atoms with Gasteiger partial charge >= 0.3 is 0 Å². The monoisotopic (exact) mass is 270 g/mol. The van der Waals surface area contributed by atoms with Crippen molar-refractivity contribution in [2.75, 3.05) is 0 Å². The van der Waals surface area contributed by atoms with Crippen molar-refractivity contribution in [3.05, 3.63) is 59.2 Å². The number of carbonyl (C=O) groups excluding carboxylic acids is 1. The van der Waals surface area contributed by atoms with Crippen LogP contribution in [0.25, 0.3) is 0 Å². The molecule has 20 heavy (non-hydrogen) atoms. The number of phenols is 1. The lowest BCUT2D eigenvalue weighted by molar-refractivity contribution is 0.101. The minimum absolute atomic E-state index is 0.0759. The SMILES string of the molecule is CCc1cc(OCc2ccc(O)cc2)ccc1C(C)=O. The molecular formula is C17H18O3. The molecule has 0 fully saturated rings. The van der Waals surface area contributed by atoms with Crippen LogP contribution in [0.2, 0.25) is 0 Å². The molecular weight excluding hydrogens is 252 g/mol. The van der Waals surface area contributed by atoms with Crippen molar-refractivity contribution in [3.63, 3.8) is 0 Å². The third kappa shape index (κ3) is 3.38. The molecule has 0 saturated carbocycles. The first kappa shape index (κ1) is 14.1. The summed E-state index contributed by atoms with van der Waals surface area (Å²) in [4.78, 5) is 11.5. The molecule has 0 heterocycles. The van der Waals surface area contributed by atoms with Crippen LogP contribution in [0.3, 0.4) is 0 Å². The number of ether oxygens (including phenoxy) is 1. The van der Waals surface area contributed by atoms with Crippen molar-refractivity contribution in [1.82, 2.24) is 0 Å². The van der Waals surface area contributed by atoms with Gasteiger partial charge < -0.3 is 9.84 Å². The van der Waals surface area contributed by atoms with E-state index in [1.165, 1.54) is 0 Å². The van der Waals surface area contributed by atoms with Gasteiger partial charge in [-0.1, -0.05) is 19.1 Å². The summed E-state index contributed by atoms with van der Waals surface area (Å²) in [6.07, 6.45) is 0.797. The summed E-state index contributed by atoms with van der Waals surface area (Å²) in [5, 5.41) is 9.22. The number of Topliss-reactive ketones (excluding diaryl/α,β-unsaturated/α-hetero) is 1. The molecule has 0 spiro atoms. The first-order valence-electron chi connectivity index (χ1n) is 6.64. The molecule has 0 saturated heterocycles. The van der Waals surface area contributed by atoms with Gasteiger partial charge in [-0.2, -0.15) is 0 Å². The summed E-state index contributed by atoms with van der Waals surface area (Å²) >= 11 is 0. The molecule has 0 amide bonds. The van der Waals surface area contributed by atoms with Gasteiger partial charge in [-0.15, -0.1) is 0 Å². The normalized spacial score (nSPS) is 10.3. The Balaban J connectivity index is 2.10. The van der Waals surface area contributed by atoms with E-state index in [2.05, 4.69) is 0 Å². The van der Waals surface area contributed by atoms with Gasteiger partial charge in [-0.05, 0) is 54.8 Å². The maximum atomic E-state index is 11.5. The van der Waals surface area contributed by atoms with Gasteiger partial charge in [0.1, 0.15) is 18.1 Å². The predicted octanol–water partition coefficient (Wildman–Crippen LogP) is 3.74. The van der Waals surface area contributed by atoms with Gasteiger partial charge in [0.25, 0.3) is 0 Å². The molecule has 2 aromatic rings. The number of rotatable bonds is 5. The molecule has 0 atom stereocenters. The van der Waals surface area contributed by atoms with E-state index in [1.807, 2.05) is 37.3 Å². The fraction of sp³-hybridized carbons (Fsp3) is 0.235. The molecule has 104 valence electrons. The molecule has 2 rings (SSSR count). The third-order valence-electron chi connectivity index (χ3n) is 3.18. The summed E-state index contributed by atoms with van der Waals surface area (Å²) in [6.45, 7) is 4.03. The molecule has 3 nitrogen and oxygen atoms in total. The van der Waals surface area contributed by atoms with Gasteiger partial charge in [-0.25, -0.2) is 0 Å². The van der Waals surface area contributed by atoms with Crippen LogP contribution in [-0.4, -0.2) is 10.9 Å². The largest absolute Gasteiger partial charge is 0.508 e. The van der Waals surface area contributed by atoms with Crippen molar-refractivity contribution >= 4 is 5.78 Å². The molecule has 1 N–H and O–H groups in total. The zero-order valence-electron chi connectivity index (χ0n) is 11.7. The number of carbonyl (C=O) groups is 1. The van der Waals surface area contributed by atoms with E-state index in [4.69, 9.17) is 4.74 Å². The van der Waals surface area contributed by atoms with Crippen LogP contribution in [0.5, 0.6) is 11.5 Å². The summed E-state index contributed by atoms with van der Waals surface area (Å²) < 4.78 is 5.72. The molecule has 0 aromatic heterocycles. The summed E-state index contributed by atoms with van der Waals surface area (Å²) in [5.41, 5.74) is 2.74. The lowest BCUT2D eigenvalue weighted by Crippen LogP contribution is -2.01. The van der Waals surface area contributed by atoms with Gasteiger partial charge in [0.05, 0.1) is 0 Å². The Morgan fingerprint density at radius 2 is 1.85 bits per heavy atom. The van der Waals surface area contributed by atoms with Gasteiger partial charge in [-0.3, -0.25) is 4.79 Å². The average Bonchev–Trinajstić information content (AvgIpc) is 2.46. The lowest BCUT2D eigenvalue weighted by atomic mass is 10.0. The second kappa shape index (κ2) is 6.24. The maximum Gasteiger partial charge on any atom is 0.160 e. The van der Waals surface area contributed by atoms with Crippen LogP contribution in [0, 0.1) is 0 Å². The zero-order chi connectivity index (χ0) is 14.5. The van der Waals surface area contributed by atoms with Crippen molar-refractivity contribution in [3.8, 4) is 11.5 Å². The highest BCUT2D eigenvalue weighted by Gasteiger charge is 2.07. The van der Waals surface area contributed by atoms with E-state index in [-0.39, 0.29) is 11.5 Å². The molecule has 3 heteroatoms. The van der Waals surface area contributed by atoms with Crippen LogP contribution in [0.15, 0.2) is 42.5 Å². The molecule has 0 aliphatic rings. The number of aryl methyl sites for hydroxylation is 1. The Bertz CT molecular complexity index is 600. The van der Waals surface area contributed by atoms with Gasteiger partial charge in [0, 0.05) is 5.56 Å². The number of aromatic hydroxyl groups is 1. The smallest absolute Gasteiger partial charge is 0.160 e. The Hall–Kier alpha value is -2.29. The van der Waals surface area contributed by atoms with E-state index in [9.17, 15) is 9.90 Å². The zero-order valence-corrected chi connectivity index (χ0v) is 11.7. The Morgan fingerprint density at radius 1 is 1.15 bits per heavy atom. The standard InChI is InChI=1S/C17H18O3/c1-3-14-10-16(8-9-17(14)12(2)18)20-11-13-4-6-15(19)7-5-13/h4-10,19H,3,11H2,1-2H3. The minimum atomic E-state index is 0.0759. The summed E-state index contributed by atoms with van der Waals surface area (Å²) in [7, 11) is 0. The van der Waals surface area contributed by atoms with Crippen LogP contribution in [-0.2, 0) is 13.0 Å². The molecule has 0 aliphatic carbocycles. The van der Waals surface area contributed by atoms with Crippen molar-refractivity contribution in [2.45, 2.75) is 26.9 Å². The van der Waals surface area contributed by atoms with E-state index in [0.29, 0.717) is 6.61 Å². The molecule has 0 bridgehead atoms. The topological polar surface area (TPSA) is 46.5 Å². The maximum absolute atomic E-state index is 11.5. The average molecular weight is 270 g/mol. The highest BCUT2D eigenvalue weighted by Crippen LogP contribution is 2.20. The number of hydrogen-bond acceptors (Lipinski definition) is 3. The number of hydrogen-bond donors (Lipinski definition) is 1. The Kier molecular flexibility index (Phi) is 4.41. The van der Waals surface area contributed by atoms with Crippen molar-refractivity contribution < 1.29 is 14.6 Å². The molecule has 0 unspecified atom stereocenters. The predicted molar refractivity (Wildman–Crippen MR) is 78.3 cm³/mol. The first-order chi connectivity index (χ1) is 9.60. The third-order valence-corrected chi connectivity index (χ3v) is 3.18. The highest BCUT2D eigenvalue weighted by molar-refractivity contribution is 5.95. The lowest BCUT2D eigenvalue weighted by Gasteiger charge is -2.10. The van der Waals surface area contributed by atoms with Crippen LogP contribution >= 0.6 is 0 Å². The van der Waals surface area contributed by atoms with Crippen LogP contribution in [0.4, 0.5) is 0 Å². The van der Waals surface area contributed by atoms with Crippen molar-refractivity contribution in [2.24, 2.45) is 0 Å². The highest BCUT2D eigenvalue weighted by atomic mass is 16.5. The van der Waals surface area contributed by atoms with E-state index in [0.717, 1.165) is 28.9 Å². The van der Waals surface area contributed by atoms with E-state index < -0.39 is 0 Å². The summed E-state index contributed by atoms with van der Waals surface area (Å²) in [6, 6.07) is 12.4. The minimum Gasteiger partial charge on any atom is -0.508 e. The van der Waals surface area contributed by atoms with Gasteiger partial charge in [0.2, 0.25) is 0 Å². The fourth-order valence-electron chi connectivity index (χ4n) is 2.05. The van der Waals surface area contributed by atoms with E-state index >= 15 is 0 Å². The fourth-order valence-corrected chi connectivity index (χ4v) is 2.05. The Morgan fingerprint density at radius 3 is 2.45 bits per heavy atom. The van der Waals surface area contributed by atoms with Gasteiger partial charge in [0.15, 0.2) is 5.78 Å². The Labute approximate surface area is 118 Å². The number of phenolic OH excluding ortho intramolecular Hbond substituents is 1. The van der Waals surface area contributed by atoms with Crippen LogP contribution in [0.1, 0.15) is 35.3 Å². The number of benzene rings is 2. The first-order valence-corrected chi connectivity index (χ1v) is 6.64.